The van der Waals surface area contributed by atoms with Gasteiger partial charge in [0.2, 0.25) is 0 Å². The topological polar surface area (TPSA) is 66.8 Å². The minimum absolute atomic E-state index is 0.0481. The van der Waals surface area contributed by atoms with Crippen molar-refractivity contribution in [1.82, 2.24) is 0 Å². The molecule has 1 aromatic rings. The first-order valence-corrected chi connectivity index (χ1v) is 11.6. The lowest BCUT2D eigenvalue weighted by atomic mass is 9.97. The molecule has 0 aliphatic carbocycles. The van der Waals surface area contributed by atoms with Crippen molar-refractivity contribution in [2.24, 2.45) is 0 Å². The Balaban J connectivity index is 2.76. The first-order chi connectivity index (χ1) is 14.9. The molecule has 0 radical (unpaired) electrons. The van der Waals surface area contributed by atoms with Gasteiger partial charge < -0.3 is 14.9 Å². The summed E-state index contributed by atoms with van der Waals surface area (Å²) < 4.78 is 5.80. The van der Waals surface area contributed by atoms with E-state index in [0.717, 1.165) is 63.4 Å². The van der Waals surface area contributed by atoms with Gasteiger partial charge in [0.25, 0.3) is 0 Å². The fourth-order valence-electron chi connectivity index (χ4n) is 3.34. The number of benzene rings is 1. The van der Waals surface area contributed by atoms with Crippen molar-refractivity contribution < 1.29 is 19.7 Å². The number of hydrogen-bond acceptors (Lipinski definition) is 3. The van der Waals surface area contributed by atoms with Crippen LogP contribution in [0.25, 0.3) is 5.57 Å². The van der Waals surface area contributed by atoms with Gasteiger partial charge >= 0.3 is 5.97 Å². The molecular formula is C27H40O4. The van der Waals surface area contributed by atoms with Crippen LogP contribution in [0.15, 0.2) is 48.6 Å². The minimum atomic E-state index is -0.716. The number of carboxylic acids is 1. The molecule has 4 nitrogen and oxygen atoms in total. The molecule has 0 amide bonds. The second-order valence-electron chi connectivity index (χ2n) is 8.10. The van der Waals surface area contributed by atoms with Crippen molar-refractivity contribution in [3.63, 3.8) is 0 Å². The van der Waals surface area contributed by atoms with Gasteiger partial charge in [-0.3, -0.25) is 4.79 Å². The summed E-state index contributed by atoms with van der Waals surface area (Å²) in [6, 6.07) is 5.47. The van der Waals surface area contributed by atoms with E-state index < -0.39 is 5.97 Å². The molecule has 172 valence electrons. The number of allylic oxidation sites excluding steroid dienone is 6. The van der Waals surface area contributed by atoms with Crippen LogP contribution in [0, 0.1) is 0 Å². The third-order valence-electron chi connectivity index (χ3n) is 4.81. The number of rotatable bonds is 16. The molecule has 4 heteroatoms. The van der Waals surface area contributed by atoms with Crippen molar-refractivity contribution in [3.05, 3.63) is 54.1 Å². The predicted octanol–water partition coefficient (Wildman–Crippen LogP) is 7.68. The highest BCUT2D eigenvalue weighted by Crippen LogP contribution is 2.30. The fourth-order valence-corrected chi connectivity index (χ4v) is 3.34. The van der Waals surface area contributed by atoms with Crippen molar-refractivity contribution in [3.8, 4) is 11.5 Å². The minimum Gasteiger partial charge on any atom is -0.508 e. The Bertz CT molecular complexity index is 729. The maximum absolute atomic E-state index is 10.6. The summed E-state index contributed by atoms with van der Waals surface area (Å²) in [6.45, 7) is 6.08. The average Bonchev–Trinajstić information content (AvgIpc) is 2.69. The lowest BCUT2D eigenvalue weighted by molar-refractivity contribution is -0.137. The number of unbranched alkanes of at least 4 members (excludes halogenated alkanes) is 4. The van der Waals surface area contributed by atoms with Gasteiger partial charge in [-0.2, -0.15) is 0 Å². The largest absolute Gasteiger partial charge is 0.508 e. The molecule has 0 aliphatic rings. The van der Waals surface area contributed by atoms with Crippen LogP contribution in [0.1, 0.15) is 90.5 Å². The SMILES string of the molecule is CCC=CC/C=C\CC=C(CCCCCCCC(=O)O)c1cc(O)cc(OC(C)C)c1. The predicted molar refractivity (Wildman–Crippen MR) is 130 cm³/mol. The van der Waals surface area contributed by atoms with Crippen molar-refractivity contribution in [2.75, 3.05) is 0 Å². The molecular weight excluding hydrogens is 388 g/mol. The van der Waals surface area contributed by atoms with Gasteiger partial charge in [0.15, 0.2) is 0 Å². The molecule has 0 spiro atoms. The average molecular weight is 429 g/mol. The highest BCUT2D eigenvalue weighted by atomic mass is 16.5. The zero-order valence-electron chi connectivity index (χ0n) is 19.5. The molecule has 0 heterocycles. The molecule has 0 saturated carbocycles. The molecule has 1 rings (SSSR count). The van der Waals surface area contributed by atoms with E-state index in [1.165, 1.54) is 5.57 Å². The molecule has 0 unspecified atom stereocenters. The Morgan fingerprint density at radius 3 is 2.26 bits per heavy atom. The summed E-state index contributed by atoms with van der Waals surface area (Å²) in [6.07, 6.45) is 19.9. The normalized spacial score (nSPS) is 12.3. The zero-order chi connectivity index (χ0) is 22.9. The Kier molecular flexibility index (Phi) is 13.9. The lowest BCUT2D eigenvalue weighted by Gasteiger charge is -2.14. The van der Waals surface area contributed by atoms with Crippen molar-refractivity contribution >= 4 is 11.5 Å². The number of carboxylic acid groups (broad SMARTS) is 1. The second-order valence-corrected chi connectivity index (χ2v) is 8.10. The standard InChI is InChI=1S/C27H40O4/c1-4-5-6-7-8-10-13-16-23(17-14-11-9-12-15-18-27(29)30)24-19-25(28)21-26(20-24)31-22(2)3/h5-6,8,10,16,19-22,28H,4,7,9,11-15,17-18H2,1-3H3,(H,29,30)/b6-5?,10-8-,23-16?. The summed E-state index contributed by atoms with van der Waals surface area (Å²) in [4.78, 5) is 10.6. The Labute approximate surface area is 188 Å². The number of ether oxygens (including phenoxy) is 1. The van der Waals surface area contributed by atoms with E-state index in [2.05, 4.69) is 37.3 Å². The van der Waals surface area contributed by atoms with Crippen molar-refractivity contribution in [2.45, 2.75) is 91.1 Å². The molecule has 2 N–H and O–H groups in total. The summed E-state index contributed by atoms with van der Waals surface area (Å²) in [7, 11) is 0. The van der Waals surface area contributed by atoms with Gasteiger partial charge in [0.05, 0.1) is 6.10 Å². The highest BCUT2D eigenvalue weighted by molar-refractivity contribution is 5.68. The first kappa shape index (κ1) is 26.5. The van der Waals surface area contributed by atoms with Gasteiger partial charge in [0.1, 0.15) is 11.5 Å². The molecule has 0 aliphatic heterocycles. The highest BCUT2D eigenvalue weighted by Gasteiger charge is 2.08. The number of aromatic hydroxyl groups is 1. The third kappa shape index (κ3) is 13.4. The maximum Gasteiger partial charge on any atom is 0.303 e. The Hall–Kier alpha value is -2.49. The van der Waals surface area contributed by atoms with Crippen LogP contribution >= 0.6 is 0 Å². The molecule has 0 aromatic heterocycles. The van der Waals surface area contributed by atoms with Crippen LogP contribution < -0.4 is 4.74 Å². The molecule has 0 atom stereocenters. The van der Waals surface area contributed by atoms with E-state index in [-0.39, 0.29) is 18.3 Å². The number of phenolic OH excluding ortho intramolecular Hbond substituents is 1. The van der Waals surface area contributed by atoms with Crippen molar-refractivity contribution in [1.29, 1.82) is 0 Å². The van der Waals surface area contributed by atoms with Crippen LogP contribution in [0.2, 0.25) is 0 Å². The summed E-state index contributed by atoms with van der Waals surface area (Å²) in [5, 5.41) is 18.9. The molecule has 31 heavy (non-hydrogen) atoms. The molecule has 0 saturated heterocycles. The fraction of sp³-hybridized carbons (Fsp3) is 0.519. The Morgan fingerprint density at radius 2 is 1.58 bits per heavy atom. The van der Waals surface area contributed by atoms with Gasteiger partial charge in [-0.05, 0) is 75.6 Å². The molecule has 1 aromatic carbocycles. The van der Waals surface area contributed by atoms with E-state index in [0.29, 0.717) is 5.75 Å². The zero-order valence-corrected chi connectivity index (χ0v) is 19.5. The van der Waals surface area contributed by atoms with Gasteiger partial charge in [-0.15, -0.1) is 0 Å². The van der Waals surface area contributed by atoms with E-state index in [9.17, 15) is 9.90 Å². The first-order valence-electron chi connectivity index (χ1n) is 11.6. The van der Waals surface area contributed by atoms with E-state index in [1.54, 1.807) is 12.1 Å². The third-order valence-corrected chi connectivity index (χ3v) is 4.81. The summed E-state index contributed by atoms with van der Waals surface area (Å²) in [5.74, 6) is 0.185. The monoisotopic (exact) mass is 428 g/mol. The van der Waals surface area contributed by atoms with Crippen LogP contribution in [0.4, 0.5) is 0 Å². The van der Waals surface area contributed by atoms with Crippen LogP contribution in [-0.2, 0) is 4.79 Å². The number of aliphatic carboxylic acids is 1. The van der Waals surface area contributed by atoms with Crippen LogP contribution in [0.3, 0.4) is 0 Å². The van der Waals surface area contributed by atoms with E-state index >= 15 is 0 Å². The van der Waals surface area contributed by atoms with Gasteiger partial charge in [-0.25, -0.2) is 0 Å². The van der Waals surface area contributed by atoms with E-state index in [4.69, 9.17) is 9.84 Å². The lowest BCUT2D eigenvalue weighted by Crippen LogP contribution is -2.05. The smallest absolute Gasteiger partial charge is 0.303 e. The Morgan fingerprint density at radius 1 is 0.935 bits per heavy atom. The second kappa shape index (κ2) is 16.2. The number of carbonyl (C=O) groups is 1. The maximum atomic E-state index is 10.6. The van der Waals surface area contributed by atoms with Crippen LogP contribution in [-0.4, -0.2) is 22.3 Å². The number of phenols is 1. The van der Waals surface area contributed by atoms with E-state index in [1.807, 2.05) is 19.9 Å². The van der Waals surface area contributed by atoms with Crippen LogP contribution in [0.5, 0.6) is 11.5 Å². The quantitative estimate of drug-likeness (QED) is 0.209. The summed E-state index contributed by atoms with van der Waals surface area (Å²) in [5.41, 5.74) is 2.21. The summed E-state index contributed by atoms with van der Waals surface area (Å²) >= 11 is 0. The van der Waals surface area contributed by atoms with Gasteiger partial charge in [-0.1, -0.05) is 56.6 Å². The molecule has 0 fully saturated rings. The van der Waals surface area contributed by atoms with Gasteiger partial charge in [0, 0.05) is 12.5 Å². The molecule has 0 bridgehead atoms. The number of hydrogen-bond donors (Lipinski definition) is 2.